The molecule has 1 nitrogen and oxygen atoms in total. The Morgan fingerprint density at radius 3 is 1.15 bits per heavy atom. The highest BCUT2D eigenvalue weighted by atomic mass is 15.1. The number of hydrogen-bond acceptors (Lipinski definition) is 1. The highest BCUT2D eigenvalue weighted by Gasteiger charge is 2.26. The van der Waals surface area contributed by atoms with E-state index >= 15 is 0 Å². The lowest BCUT2D eigenvalue weighted by Crippen LogP contribution is -2.35. The maximum atomic E-state index is 2.43. The molecule has 0 unspecified atom stereocenters. The van der Waals surface area contributed by atoms with Crippen LogP contribution in [-0.2, 0) is 0 Å². The molecule has 0 saturated carbocycles. The summed E-state index contributed by atoms with van der Waals surface area (Å²) >= 11 is 0. The lowest BCUT2D eigenvalue weighted by molar-refractivity contribution is 0.135. The van der Waals surface area contributed by atoms with Gasteiger partial charge in [-0.1, -0.05) is 89.5 Å². The maximum Gasteiger partial charge on any atom is -0.00166 e. The Hall–Kier alpha value is -0.0400. The number of hydrogen-bond donors (Lipinski definition) is 0. The molecule has 0 spiro atoms. The fourth-order valence-corrected chi connectivity index (χ4v) is 1.51. The van der Waals surface area contributed by atoms with Gasteiger partial charge < -0.3 is 4.90 Å². The van der Waals surface area contributed by atoms with Crippen LogP contribution in [0, 0.1) is 5.41 Å². The van der Waals surface area contributed by atoms with Gasteiger partial charge in [0.2, 0.25) is 0 Å². The van der Waals surface area contributed by atoms with Crippen molar-refractivity contribution in [2.75, 3.05) is 20.1 Å². The molecule has 0 bridgehead atoms. The van der Waals surface area contributed by atoms with Crippen molar-refractivity contribution in [1.29, 1.82) is 0 Å². The van der Waals surface area contributed by atoms with E-state index in [0.29, 0.717) is 5.41 Å². The van der Waals surface area contributed by atoms with Gasteiger partial charge in [-0.15, -0.1) is 0 Å². The van der Waals surface area contributed by atoms with Crippen LogP contribution in [0.1, 0.15) is 102 Å². The zero-order chi connectivity index (χ0) is 17.6. The molecule has 0 atom stereocenters. The molecule has 130 valence electrons. The van der Waals surface area contributed by atoms with Crippen molar-refractivity contribution >= 4 is 0 Å². The topological polar surface area (TPSA) is 3.24 Å². The zero-order valence-corrected chi connectivity index (χ0v) is 17.5. The van der Waals surface area contributed by atoms with Gasteiger partial charge in [-0.3, -0.25) is 0 Å². The summed E-state index contributed by atoms with van der Waals surface area (Å²) in [5.41, 5.74) is 0.659. The number of piperidine rings is 1. The summed E-state index contributed by atoms with van der Waals surface area (Å²) in [4.78, 5) is 2.43. The van der Waals surface area contributed by atoms with Crippen molar-refractivity contribution in [3.63, 3.8) is 0 Å². The van der Waals surface area contributed by atoms with Crippen LogP contribution in [0.5, 0.6) is 0 Å². The van der Waals surface area contributed by atoms with E-state index in [0.717, 1.165) is 0 Å². The SMILES string of the molecule is CC.CC.CC.CC.CC.CCC1(C)CCN(C)CC1. The normalized spacial score (nSPS) is 14.8. The summed E-state index contributed by atoms with van der Waals surface area (Å²) in [5.74, 6) is 0. The van der Waals surface area contributed by atoms with Gasteiger partial charge >= 0.3 is 0 Å². The van der Waals surface area contributed by atoms with Crippen LogP contribution in [0.4, 0.5) is 0 Å². The largest absolute Gasteiger partial charge is 0.306 e. The first-order chi connectivity index (χ1) is 9.66. The summed E-state index contributed by atoms with van der Waals surface area (Å²) in [6, 6.07) is 0. The second kappa shape index (κ2) is 31.4. The number of likely N-dealkylation sites (tertiary alicyclic amines) is 1. The molecule has 1 aliphatic heterocycles. The van der Waals surface area contributed by atoms with E-state index in [1.54, 1.807) is 0 Å². The van der Waals surface area contributed by atoms with Crippen LogP contribution in [0.25, 0.3) is 0 Å². The summed E-state index contributed by atoms with van der Waals surface area (Å²) < 4.78 is 0. The molecular weight excluding hydrogens is 242 g/mol. The fraction of sp³-hybridized carbons (Fsp3) is 1.00. The third-order valence-corrected chi connectivity index (χ3v) is 3.05. The first-order valence-electron chi connectivity index (χ1n) is 9.35. The molecule has 1 aliphatic rings. The predicted octanol–water partition coefficient (Wildman–Crippen LogP) is 7.26. The molecule has 1 saturated heterocycles. The third kappa shape index (κ3) is 23.1. The molecule has 0 aromatic rings. The van der Waals surface area contributed by atoms with Crippen molar-refractivity contribution in [3.05, 3.63) is 0 Å². The highest BCUT2D eigenvalue weighted by molar-refractivity contribution is 4.79. The van der Waals surface area contributed by atoms with E-state index in [2.05, 4.69) is 25.8 Å². The fourth-order valence-electron chi connectivity index (χ4n) is 1.51. The molecule has 1 heterocycles. The minimum atomic E-state index is 0.659. The average molecular weight is 292 g/mol. The minimum absolute atomic E-state index is 0.659. The van der Waals surface area contributed by atoms with Crippen LogP contribution in [-0.4, -0.2) is 25.0 Å². The number of rotatable bonds is 1. The van der Waals surface area contributed by atoms with Gasteiger partial charge in [-0.05, 0) is 38.4 Å². The molecule has 0 aromatic carbocycles. The van der Waals surface area contributed by atoms with Crippen molar-refractivity contribution in [2.24, 2.45) is 5.41 Å². The van der Waals surface area contributed by atoms with Gasteiger partial charge in [0.25, 0.3) is 0 Å². The average Bonchev–Trinajstić information content (AvgIpc) is 2.60. The summed E-state index contributed by atoms with van der Waals surface area (Å²) in [5, 5.41) is 0. The van der Waals surface area contributed by atoms with Gasteiger partial charge in [0, 0.05) is 0 Å². The predicted molar refractivity (Wildman–Crippen MR) is 102 cm³/mol. The zero-order valence-electron chi connectivity index (χ0n) is 17.5. The van der Waals surface area contributed by atoms with Crippen LogP contribution in [0.15, 0.2) is 0 Å². The van der Waals surface area contributed by atoms with E-state index in [4.69, 9.17) is 0 Å². The van der Waals surface area contributed by atoms with Crippen molar-refractivity contribution in [2.45, 2.75) is 102 Å². The van der Waals surface area contributed by atoms with Gasteiger partial charge in [0.15, 0.2) is 0 Å². The van der Waals surface area contributed by atoms with E-state index in [9.17, 15) is 0 Å². The highest BCUT2D eigenvalue weighted by Crippen LogP contribution is 2.33. The first kappa shape index (κ1) is 32.1. The van der Waals surface area contributed by atoms with Crippen LogP contribution < -0.4 is 0 Å². The minimum Gasteiger partial charge on any atom is -0.306 e. The monoisotopic (exact) mass is 291 g/mol. The van der Waals surface area contributed by atoms with Gasteiger partial charge in [-0.25, -0.2) is 0 Å². The molecule has 20 heavy (non-hydrogen) atoms. The second-order valence-electron chi connectivity index (χ2n) is 3.97. The van der Waals surface area contributed by atoms with E-state index in [-0.39, 0.29) is 0 Å². The Morgan fingerprint density at radius 2 is 0.950 bits per heavy atom. The Labute approximate surface area is 133 Å². The van der Waals surface area contributed by atoms with Gasteiger partial charge in [0.1, 0.15) is 0 Å². The maximum absolute atomic E-state index is 2.43. The van der Waals surface area contributed by atoms with E-state index < -0.39 is 0 Å². The molecule has 0 N–H and O–H groups in total. The van der Waals surface area contributed by atoms with Gasteiger partial charge in [0.05, 0.1) is 0 Å². The second-order valence-corrected chi connectivity index (χ2v) is 3.97. The standard InChI is InChI=1S/C9H19N.5C2H6/c1-4-9(2)5-7-10(3)8-6-9;5*1-2/h4-8H2,1-3H3;5*1-2H3. The third-order valence-electron chi connectivity index (χ3n) is 3.05. The molecule has 0 radical (unpaired) electrons. The summed E-state index contributed by atoms with van der Waals surface area (Å²) in [6.45, 7) is 27.3. The number of nitrogens with zero attached hydrogens (tertiary/aromatic N) is 1. The Kier molecular flexibility index (Phi) is 50.3. The quantitative estimate of drug-likeness (QED) is 0.491. The Bertz CT molecular complexity index is 102. The molecule has 0 aromatic heterocycles. The van der Waals surface area contributed by atoms with Crippen molar-refractivity contribution < 1.29 is 0 Å². The van der Waals surface area contributed by atoms with E-state index in [1.807, 2.05) is 69.2 Å². The van der Waals surface area contributed by atoms with Crippen LogP contribution in [0.2, 0.25) is 0 Å². The summed E-state index contributed by atoms with van der Waals surface area (Å²) in [6.07, 6.45) is 4.13. The lowest BCUT2D eigenvalue weighted by atomic mass is 9.78. The lowest BCUT2D eigenvalue weighted by Gasteiger charge is -2.37. The summed E-state index contributed by atoms with van der Waals surface area (Å²) in [7, 11) is 2.22. The molecule has 0 amide bonds. The van der Waals surface area contributed by atoms with Crippen LogP contribution in [0.3, 0.4) is 0 Å². The Morgan fingerprint density at radius 1 is 0.700 bits per heavy atom. The Balaban J connectivity index is -0.0000000639. The van der Waals surface area contributed by atoms with Crippen molar-refractivity contribution in [1.82, 2.24) is 4.90 Å². The molecule has 1 fully saturated rings. The molecule has 1 heteroatoms. The van der Waals surface area contributed by atoms with Crippen molar-refractivity contribution in [3.8, 4) is 0 Å². The van der Waals surface area contributed by atoms with Gasteiger partial charge in [-0.2, -0.15) is 0 Å². The molecule has 0 aliphatic carbocycles. The molecular formula is C19H49N. The first-order valence-corrected chi connectivity index (χ1v) is 9.35. The van der Waals surface area contributed by atoms with Crippen LogP contribution >= 0.6 is 0 Å². The molecule has 1 rings (SSSR count). The smallest absolute Gasteiger partial charge is 0.00166 e. The van der Waals surface area contributed by atoms with E-state index in [1.165, 1.54) is 32.4 Å².